The average Bonchev–Trinajstić information content (AvgIpc) is 2.89. The number of nitrogens with zero attached hydrogens (tertiary/aromatic N) is 1. The summed E-state index contributed by atoms with van der Waals surface area (Å²) in [7, 11) is 4.82. The third-order valence-corrected chi connectivity index (χ3v) is 3.48. The van der Waals surface area contributed by atoms with E-state index in [1.165, 1.54) is 6.42 Å². The van der Waals surface area contributed by atoms with Crippen molar-refractivity contribution in [3.8, 4) is 0 Å². The highest BCUT2D eigenvalue weighted by molar-refractivity contribution is 7.17. The lowest BCUT2D eigenvalue weighted by atomic mass is 9.96. The molecule has 0 aromatic heterocycles. The van der Waals surface area contributed by atoms with Gasteiger partial charge in [0.05, 0.1) is 7.18 Å². The summed E-state index contributed by atoms with van der Waals surface area (Å²) in [5.41, 5.74) is 1.84. The molecular formula is C16H30F2NP. The lowest BCUT2D eigenvalue weighted by molar-refractivity contribution is 0.343. The topological polar surface area (TPSA) is 3.24 Å². The van der Waals surface area contributed by atoms with Gasteiger partial charge in [-0.25, -0.2) is 4.39 Å². The minimum atomic E-state index is -0.995. The van der Waals surface area contributed by atoms with E-state index in [1.54, 1.807) is 6.08 Å². The van der Waals surface area contributed by atoms with Gasteiger partial charge >= 0.3 is 0 Å². The second-order valence-corrected chi connectivity index (χ2v) is 4.73. The molecular weight excluding hydrogens is 275 g/mol. The summed E-state index contributed by atoms with van der Waals surface area (Å²) in [6, 6.07) is 0.336. The van der Waals surface area contributed by atoms with Crippen LogP contribution < -0.4 is 0 Å². The third-order valence-electron chi connectivity index (χ3n) is 3.12. The van der Waals surface area contributed by atoms with Crippen molar-refractivity contribution in [2.24, 2.45) is 0 Å². The number of rotatable bonds is 4. The molecule has 1 rings (SSSR count). The summed E-state index contributed by atoms with van der Waals surface area (Å²) in [5.74, 6) is -0.995. The van der Waals surface area contributed by atoms with Crippen LogP contribution in [0.25, 0.3) is 0 Å². The third kappa shape index (κ3) is 6.76. The Hall–Kier alpha value is -0.530. The summed E-state index contributed by atoms with van der Waals surface area (Å²) in [4.78, 5) is 2.28. The van der Waals surface area contributed by atoms with Crippen LogP contribution in [0.3, 0.4) is 0 Å². The van der Waals surface area contributed by atoms with Crippen LogP contribution >= 0.6 is 9.24 Å². The maximum Gasteiger partial charge on any atom is 0.138 e. The highest BCUT2D eigenvalue weighted by Crippen LogP contribution is 2.31. The van der Waals surface area contributed by atoms with Crippen LogP contribution in [-0.4, -0.2) is 37.6 Å². The number of likely N-dealkylation sites (tertiary alicyclic amines) is 1. The van der Waals surface area contributed by atoms with Crippen LogP contribution in [0.4, 0.5) is 8.78 Å². The van der Waals surface area contributed by atoms with E-state index >= 15 is 0 Å². The number of likely N-dealkylation sites (N-methyl/N-ethyl adjacent to an activating group) is 1. The smallest absolute Gasteiger partial charge is 0.138 e. The normalized spacial score (nSPS) is 21.3. The van der Waals surface area contributed by atoms with E-state index in [9.17, 15) is 8.78 Å². The van der Waals surface area contributed by atoms with Crippen LogP contribution in [0.2, 0.25) is 0 Å². The summed E-state index contributed by atoms with van der Waals surface area (Å²) in [6.45, 7) is 10.7. The van der Waals surface area contributed by atoms with Crippen molar-refractivity contribution in [3.63, 3.8) is 0 Å². The average molecular weight is 305 g/mol. The molecule has 1 nitrogen and oxygen atoms in total. The Balaban J connectivity index is 0. The van der Waals surface area contributed by atoms with Gasteiger partial charge in [0.1, 0.15) is 5.91 Å². The Morgan fingerprint density at radius 3 is 2.25 bits per heavy atom. The minimum absolute atomic E-state index is 0.336. The van der Waals surface area contributed by atoms with E-state index in [0.29, 0.717) is 13.2 Å². The van der Waals surface area contributed by atoms with Gasteiger partial charge in [-0.2, -0.15) is 0 Å². The Kier molecular flexibility index (Phi) is 14.6. The first-order chi connectivity index (χ1) is 9.61. The first-order valence-electron chi connectivity index (χ1n) is 7.08. The molecule has 0 aliphatic carbocycles. The highest BCUT2D eigenvalue weighted by Gasteiger charge is 2.27. The van der Waals surface area contributed by atoms with E-state index in [0.717, 1.165) is 24.1 Å². The molecule has 0 aromatic rings. The van der Waals surface area contributed by atoms with Gasteiger partial charge in [0.2, 0.25) is 0 Å². The molecule has 0 radical (unpaired) electrons. The molecule has 0 aromatic carbocycles. The standard InChI is InChI=1S/C13H21FNP.C2H6.CH3F/c1-4-7-11(10(5-2)13(14)16)12-8-6-9-15(12)3;2*1-2/h4-5,7,12-13H,1,6,8-9,16H2,2-3H3;1-2H3;1H3/b10-5+,11-7+;;. The van der Waals surface area contributed by atoms with Crippen LogP contribution in [0.15, 0.2) is 36.0 Å². The molecule has 1 aliphatic rings. The molecule has 1 fully saturated rings. The van der Waals surface area contributed by atoms with Crippen LogP contribution in [0, 0.1) is 0 Å². The van der Waals surface area contributed by atoms with Crippen LogP contribution in [-0.2, 0) is 0 Å². The van der Waals surface area contributed by atoms with Crippen molar-refractivity contribution in [3.05, 3.63) is 36.0 Å². The van der Waals surface area contributed by atoms with Gasteiger partial charge in [-0.05, 0) is 44.5 Å². The van der Waals surface area contributed by atoms with Gasteiger partial charge < -0.3 is 0 Å². The highest BCUT2D eigenvalue weighted by atomic mass is 31.0. The van der Waals surface area contributed by atoms with E-state index in [4.69, 9.17) is 0 Å². The summed E-state index contributed by atoms with van der Waals surface area (Å²) in [6.07, 6.45) is 7.83. The molecule has 0 spiro atoms. The largest absolute Gasteiger partial charge is 0.299 e. The summed E-state index contributed by atoms with van der Waals surface area (Å²) < 4.78 is 23.0. The zero-order valence-corrected chi connectivity index (χ0v) is 14.7. The van der Waals surface area contributed by atoms with E-state index in [2.05, 4.69) is 27.8 Å². The molecule has 0 N–H and O–H groups in total. The number of halogens is 2. The zero-order valence-electron chi connectivity index (χ0n) is 13.5. The lowest BCUT2D eigenvalue weighted by Crippen LogP contribution is -2.28. The molecule has 0 bridgehead atoms. The van der Waals surface area contributed by atoms with Crippen molar-refractivity contribution in [2.75, 3.05) is 20.8 Å². The van der Waals surface area contributed by atoms with Crippen LogP contribution in [0.1, 0.15) is 33.6 Å². The monoisotopic (exact) mass is 305 g/mol. The van der Waals surface area contributed by atoms with E-state index in [1.807, 2.05) is 32.9 Å². The number of allylic oxidation sites excluding steroid dienone is 3. The van der Waals surface area contributed by atoms with Crippen molar-refractivity contribution >= 4 is 9.24 Å². The quantitative estimate of drug-likeness (QED) is 0.526. The second kappa shape index (κ2) is 13.5. The van der Waals surface area contributed by atoms with E-state index < -0.39 is 5.91 Å². The van der Waals surface area contributed by atoms with Gasteiger partial charge in [0.25, 0.3) is 0 Å². The Bertz CT molecular complexity index is 312. The number of hydrogen-bond acceptors (Lipinski definition) is 1. The van der Waals surface area contributed by atoms with Gasteiger partial charge in [0.15, 0.2) is 0 Å². The number of alkyl halides is 2. The molecule has 3 atom stereocenters. The molecule has 4 heteroatoms. The minimum Gasteiger partial charge on any atom is -0.299 e. The molecule has 3 unspecified atom stereocenters. The predicted molar refractivity (Wildman–Crippen MR) is 90.7 cm³/mol. The van der Waals surface area contributed by atoms with Crippen molar-refractivity contribution in [2.45, 2.75) is 45.6 Å². The van der Waals surface area contributed by atoms with E-state index in [-0.39, 0.29) is 0 Å². The SMILES string of the molecule is C=C/C=C(\C(=C/C)C(F)P)C1CCCN1C.CC.CF. The van der Waals surface area contributed by atoms with Gasteiger partial charge in [-0.15, -0.1) is 0 Å². The first kappa shape index (κ1) is 21.8. The Morgan fingerprint density at radius 2 is 1.95 bits per heavy atom. The van der Waals surface area contributed by atoms with Gasteiger partial charge in [-0.3, -0.25) is 9.29 Å². The fourth-order valence-corrected chi connectivity index (χ4v) is 2.70. The van der Waals surface area contributed by atoms with Crippen LogP contribution in [0.5, 0.6) is 0 Å². The molecule has 1 heterocycles. The summed E-state index contributed by atoms with van der Waals surface area (Å²) >= 11 is 0. The number of hydrogen-bond donors (Lipinski definition) is 0. The molecule has 20 heavy (non-hydrogen) atoms. The Labute approximate surface area is 126 Å². The molecule has 0 amide bonds. The maximum atomic E-state index is 13.5. The fraction of sp³-hybridized carbons (Fsp3) is 0.625. The second-order valence-electron chi connectivity index (χ2n) is 4.14. The fourth-order valence-electron chi connectivity index (χ4n) is 2.31. The van der Waals surface area contributed by atoms with Gasteiger partial charge in [-0.1, -0.05) is 47.9 Å². The summed E-state index contributed by atoms with van der Waals surface area (Å²) in [5, 5.41) is 0. The molecule has 1 aliphatic heterocycles. The van der Waals surface area contributed by atoms with Crippen molar-refractivity contribution < 1.29 is 8.78 Å². The Morgan fingerprint density at radius 1 is 1.40 bits per heavy atom. The zero-order chi connectivity index (χ0) is 16.1. The van der Waals surface area contributed by atoms with Crippen molar-refractivity contribution in [1.29, 1.82) is 0 Å². The van der Waals surface area contributed by atoms with Crippen molar-refractivity contribution in [1.82, 2.24) is 4.90 Å². The molecule has 118 valence electrons. The van der Waals surface area contributed by atoms with Gasteiger partial charge in [0, 0.05) is 6.04 Å². The maximum absolute atomic E-state index is 13.5. The first-order valence-corrected chi connectivity index (χ1v) is 7.75. The molecule has 1 saturated heterocycles. The molecule has 0 saturated carbocycles. The predicted octanol–water partition coefficient (Wildman–Crippen LogP) is 4.92. The lowest BCUT2D eigenvalue weighted by Gasteiger charge is -2.25.